The number of nitrogens with zero attached hydrogens (tertiary/aromatic N) is 4. The van der Waals surface area contributed by atoms with E-state index in [-0.39, 0.29) is 6.54 Å². The second kappa shape index (κ2) is 5.84. The molecular weight excluding hydrogens is 302 g/mol. The number of fused-ring (bicyclic) bond motifs is 1. The zero-order valence-corrected chi connectivity index (χ0v) is 12.1. The molecule has 0 aliphatic rings. The Bertz CT molecular complexity index is 930. The van der Waals surface area contributed by atoms with Crippen molar-refractivity contribution in [3.05, 3.63) is 52.3 Å². The first-order chi connectivity index (χ1) is 10.7. The first kappa shape index (κ1) is 14.0. The summed E-state index contributed by atoms with van der Waals surface area (Å²) in [5.74, 6) is 3.23. The van der Waals surface area contributed by atoms with Crippen molar-refractivity contribution in [2.24, 2.45) is 0 Å². The van der Waals surface area contributed by atoms with Crippen molar-refractivity contribution in [3.63, 3.8) is 0 Å². The molecule has 7 heteroatoms. The normalized spacial score (nSPS) is 10.4. The van der Waals surface area contributed by atoms with E-state index in [9.17, 15) is 4.79 Å². The summed E-state index contributed by atoms with van der Waals surface area (Å²) in [5.41, 5.74) is 0.0855. The number of halogens is 1. The van der Waals surface area contributed by atoms with E-state index in [1.54, 1.807) is 18.2 Å². The van der Waals surface area contributed by atoms with Gasteiger partial charge in [0.2, 0.25) is 0 Å². The molecular formula is C15H10ClN5O. The van der Waals surface area contributed by atoms with E-state index in [1.807, 2.05) is 0 Å². The Hall–Kier alpha value is -2.91. The number of nitrogens with one attached hydrogen (secondary N) is 1. The minimum Gasteiger partial charge on any atom is -0.358 e. The van der Waals surface area contributed by atoms with Gasteiger partial charge in [-0.2, -0.15) is 4.98 Å². The van der Waals surface area contributed by atoms with Crippen molar-refractivity contribution in [2.45, 2.75) is 0 Å². The van der Waals surface area contributed by atoms with Gasteiger partial charge in [0.25, 0.3) is 0 Å². The first-order valence-corrected chi connectivity index (χ1v) is 6.74. The van der Waals surface area contributed by atoms with Crippen molar-refractivity contribution in [2.75, 3.05) is 11.9 Å². The lowest BCUT2D eigenvalue weighted by atomic mass is 10.2. The van der Waals surface area contributed by atoms with E-state index in [1.165, 1.54) is 23.2 Å². The molecule has 2 heterocycles. The number of benzene rings is 1. The fraction of sp³-hybridized carbons (Fsp3) is 0.0667. The van der Waals surface area contributed by atoms with E-state index < -0.39 is 5.69 Å². The van der Waals surface area contributed by atoms with Crippen LogP contribution in [0, 0.1) is 12.3 Å². The van der Waals surface area contributed by atoms with Gasteiger partial charge >= 0.3 is 5.69 Å². The molecule has 108 valence electrons. The zero-order valence-electron chi connectivity index (χ0n) is 11.3. The molecule has 3 aromatic rings. The van der Waals surface area contributed by atoms with Gasteiger partial charge in [-0.25, -0.2) is 14.3 Å². The maximum Gasteiger partial charge on any atom is 0.355 e. The molecule has 0 saturated carbocycles. The van der Waals surface area contributed by atoms with Crippen LogP contribution in [0.4, 0.5) is 5.82 Å². The highest BCUT2D eigenvalue weighted by Gasteiger charge is 2.13. The Balaban J connectivity index is 2.34. The molecule has 0 unspecified atom stereocenters. The topological polar surface area (TPSA) is 72.7 Å². The third kappa shape index (κ3) is 2.50. The maximum absolute atomic E-state index is 12.4. The highest BCUT2D eigenvalue weighted by atomic mass is 35.5. The van der Waals surface area contributed by atoms with Crippen molar-refractivity contribution in [1.29, 1.82) is 0 Å². The summed E-state index contributed by atoms with van der Waals surface area (Å²) in [4.78, 5) is 24.5. The summed E-state index contributed by atoms with van der Waals surface area (Å²) in [7, 11) is 0. The highest BCUT2D eigenvalue weighted by molar-refractivity contribution is 6.31. The van der Waals surface area contributed by atoms with Gasteiger partial charge in [-0.3, -0.25) is 4.98 Å². The lowest BCUT2D eigenvalue weighted by Crippen LogP contribution is -2.24. The van der Waals surface area contributed by atoms with Gasteiger partial charge in [-0.05, 0) is 18.2 Å². The van der Waals surface area contributed by atoms with Gasteiger partial charge in [0, 0.05) is 22.8 Å². The summed E-state index contributed by atoms with van der Waals surface area (Å²) in [6.07, 6.45) is 9.76. The van der Waals surface area contributed by atoms with Crippen molar-refractivity contribution in [3.8, 4) is 18.2 Å². The van der Waals surface area contributed by atoms with Crippen LogP contribution in [0.1, 0.15) is 0 Å². The Labute approximate surface area is 130 Å². The number of aromatic nitrogens is 4. The third-order valence-corrected chi connectivity index (χ3v) is 3.23. The molecule has 6 nitrogen and oxygen atoms in total. The Morgan fingerprint density at radius 2 is 2.23 bits per heavy atom. The summed E-state index contributed by atoms with van der Waals surface area (Å²) >= 11 is 6.06. The molecule has 0 radical (unpaired) electrons. The average Bonchev–Trinajstić information content (AvgIpc) is 2.53. The lowest BCUT2D eigenvalue weighted by molar-refractivity contribution is 0.910. The predicted octanol–water partition coefficient (Wildman–Crippen LogP) is 1.87. The van der Waals surface area contributed by atoms with Gasteiger partial charge in [0.1, 0.15) is 5.82 Å². The standard InChI is InChI=1S/C15H10ClN5O/c1-2-5-19-14-11-4-3-10(16)8-12(11)21(15(22)20-14)13-9-17-6-7-18-13/h1,3-4,6-9H,5H2,(H,19,20,22). The Morgan fingerprint density at radius 1 is 1.36 bits per heavy atom. The van der Waals surface area contributed by atoms with Crippen LogP contribution in [-0.2, 0) is 0 Å². The van der Waals surface area contributed by atoms with E-state index in [2.05, 4.69) is 26.2 Å². The van der Waals surface area contributed by atoms with Gasteiger partial charge in [-0.15, -0.1) is 6.42 Å². The van der Waals surface area contributed by atoms with E-state index >= 15 is 0 Å². The number of anilines is 1. The molecule has 3 rings (SSSR count). The molecule has 2 aromatic heterocycles. The smallest absolute Gasteiger partial charge is 0.355 e. The second-order valence-corrected chi connectivity index (χ2v) is 4.80. The number of hydrogen-bond donors (Lipinski definition) is 1. The van der Waals surface area contributed by atoms with Crippen LogP contribution in [-0.4, -0.2) is 26.1 Å². The minimum atomic E-state index is -0.491. The fourth-order valence-corrected chi connectivity index (χ4v) is 2.26. The summed E-state index contributed by atoms with van der Waals surface area (Å²) in [6.45, 7) is 0.263. The maximum atomic E-state index is 12.4. The first-order valence-electron chi connectivity index (χ1n) is 6.37. The molecule has 0 amide bonds. The SMILES string of the molecule is C#CCNc1nc(=O)n(-c2cnccn2)c2cc(Cl)ccc12. The van der Waals surface area contributed by atoms with Gasteiger partial charge in [0.05, 0.1) is 18.3 Å². The fourth-order valence-electron chi connectivity index (χ4n) is 2.10. The minimum absolute atomic E-state index is 0.263. The summed E-state index contributed by atoms with van der Waals surface area (Å²) in [6, 6.07) is 5.17. The lowest BCUT2D eigenvalue weighted by Gasteiger charge is -2.12. The molecule has 22 heavy (non-hydrogen) atoms. The number of rotatable bonds is 3. The van der Waals surface area contributed by atoms with Crippen LogP contribution in [0.25, 0.3) is 16.7 Å². The van der Waals surface area contributed by atoms with Crippen molar-refractivity contribution >= 4 is 28.3 Å². The second-order valence-electron chi connectivity index (χ2n) is 4.36. The van der Waals surface area contributed by atoms with Crippen LogP contribution < -0.4 is 11.0 Å². The van der Waals surface area contributed by atoms with Crippen LogP contribution in [0.15, 0.2) is 41.6 Å². The zero-order chi connectivity index (χ0) is 15.5. The van der Waals surface area contributed by atoms with E-state index in [4.69, 9.17) is 18.0 Å². The molecule has 0 spiro atoms. The molecule has 0 aliphatic heterocycles. The average molecular weight is 312 g/mol. The summed E-state index contributed by atoms with van der Waals surface area (Å²) in [5, 5.41) is 4.15. The highest BCUT2D eigenvalue weighted by Crippen LogP contribution is 2.24. The van der Waals surface area contributed by atoms with Crippen molar-refractivity contribution < 1.29 is 0 Å². The molecule has 1 aromatic carbocycles. The number of hydrogen-bond acceptors (Lipinski definition) is 5. The molecule has 0 aliphatic carbocycles. The van der Waals surface area contributed by atoms with E-state index in [0.717, 1.165) is 0 Å². The van der Waals surface area contributed by atoms with E-state index in [0.29, 0.717) is 27.6 Å². The molecule has 0 atom stereocenters. The van der Waals surface area contributed by atoms with Crippen molar-refractivity contribution in [1.82, 2.24) is 19.5 Å². The largest absolute Gasteiger partial charge is 0.358 e. The third-order valence-electron chi connectivity index (χ3n) is 2.99. The van der Waals surface area contributed by atoms with Gasteiger partial charge in [0.15, 0.2) is 5.82 Å². The molecule has 0 saturated heterocycles. The van der Waals surface area contributed by atoms with Crippen LogP contribution >= 0.6 is 11.6 Å². The van der Waals surface area contributed by atoms with Gasteiger partial charge in [-0.1, -0.05) is 17.5 Å². The monoisotopic (exact) mass is 311 g/mol. The molecule has 0 bridgehead atoms. The van der Waals surface area contributed by atoms with Crippen LogP contribution in [0.3, 0.4) is 0 Å². The summed E-state index contributed by atoms with van der Waals surface area (Å²) < 4.78 is 1.36. The predicted molar refractivity (Wildman–Crippen MR) is 85.3 cm³/mol. The van der Waals surface area contributed by atoms with Crippen LogP contribution in [0.5, 0.6) is 0 Å². The quantitative estimate of drug-likeness (QED) is 0.748. The Morgan fingerprint density at radius 3 is 2.95 bits per heavy atom. The number of terminal acetylenes is 1. The molecule has 1 N–H and O–H groups in total. The van der Waals surface area contributed by atoms with Gasteiger partial charge < -0.3 is 5.32 Å². The Kier molecular flexibility index (Phi) is 3.73. The van der Waals surface area contributed by atoms with Crippen LogP contribution in [0.2, 0.25) is 5.02 Å². The molecule has 0 fully saturated rings.